The number of rotatable bonds is 2. The lowest BCUT2D eigenvalue weighted by Crippen LogP contribution is -2.23. The Labute approximate surface area is 150 Å². The molecule has 8 nitrogen and oxygen atoms in total. The maximum absolute atomic E-state index is 11.8. The molecular weight excluding hydrogens is 365 g/mol. The summed E-state index contributed by atoms with van der Waals surface area (Å²) >= 11 is 0. The molecule has 0 amide bonds. The molecule has 0 atom stereocenters. The normalized spacial score (nSPS) is 14.0. The molecule has 1 fully saturated rings. The Morgan fingerprint density at radius 1 is 1.26 bits per heavy atom. The van der Waals surface area contributed by atoms with E-state index in [1.165, 1.54) is 6.20 Å². The maximum atomic E-state index is 11.8. The third-order valence-corrected chi connectivity index (χ3v) is 3.96. The van der Waals surface area contributed by atoms with Gasteiger partial charge in [-0.15, -0.1) is 0 Å². The Morgan fingerprint density at radius 2 is 1.96 bits per heavy atom. The predicted molar refractivity (Wildman–Crippen MR) is 92.8 cm³/mol. The molecule has 0 spiro atoms. The van der Waals surface area contributed by atoms with E-state index in [-0.39, 0.29) is 0 Å². The van der Waals surface area contributed by atoms with E-state index in [1.54, 1.807) is 23.0 Å². The van der Waals surface area contributed by atoms with Crippen LogP contribution in [0.25, 0.3) is 16.9 Å². The second-order valence-electron chi connectivity index (χ2n) is 6.31. The van der Waals surface area contributed by atoms with Crippen LogP contribution in [0.1, 0.15) is 12.8 Å². The van der Waals surface area contributed by atoms with Crippen molar-refractivity contribution in [3.05, 3.63) is 45.5 Å². The summed E-state index contributed by atoms with van der Waals surface area (Å²) in [6.45, 7) is 0. The number of H-pyrrole nitrogens is 2. The van der Waals surface area contributed by atoms with Crippen LogP contribution in [0.4, 0.5) is 18.9 Å². The molecule has 0 saturated heterocycles. The van der Waals surface area contributed by atoms with Gasteiger partial charge in [-0.3, -0.25) is 9.78 Å². The van der Waals surface area contributed by atoms with Gasteiger partial charge in [-0.05, 0) is 18.9 Å². The average molecular weight is 382 g/mol. The van der Waals surface area contributed by atoms with Crippen molar-refractivity contribution in [2.24, 2.45) is 5.92 Å². The van der Waals surface area contributed by atoms with Crippen LogP contribution in [0.5, 0.6) is 0 Å². The zero-order valence-electron chi connectivity index (χ0n) is 14.5. The number of hydrogen-bond acceptors (Lipinski definition) is 5. The van der Waals surface area contributed by atoms with Crippen LogP contribution >= 0.6 is 0 Å². The summed E-state index contributed by atoms with van der Waals surface area (Å²) in [5.74, 6) is -0.951. The molecule has 1 saturated carbocycles. The number of nitrogens with one attached hydrogen (secondary N) is 2. The zero-order chi connectivity index (χ0) is 19.8. The first-order chi connectivity index (χ1) is 12.7. The van der Waals surface area contributed by atoms with Crippen LogP contribution in [0.3, 0.4) is 0 Å². The van der Waals surface area contributed by atoms with Gasteiger partial charge in [0, 0.05) is 32.7 Å². The SMILES string of the molecule is CN(C)c1cc(-c2c[nH]c(=O)[nH]c2=O)nn2ccnc12.FC(F)(F)C1CC1. The van der Waals surface area contributed by atoms with E-state index < -0.39 is 23.3 Å². The molecule has 11 heteroatoms. The molecule has 3 aromatic heterocycles. The van der Waals surface area contributed by atoms with Crippen molar-refractivity contribution in [1.29, 1.82) is 0 Å². The lowest BCUT2D eigenvalue weighted by Gasteiger charge is -2.14. The number of hydrogen-bond donors (Lipinski definition) is 2. The monoisotopic (exact) mass is 382 g/mol. The average Bonchev–Trinajstić information content (AvgIpc) is 3.33. The number of aromatic amines is 2. The minimum Gasteiger partial charge on any atom is -0.375 e. The Morgan fingerprint density at radius 3 is 2.48 bits per heavy atom. The Bertz CT molecular complexity index is 1060. The number of imidazole rings is 1. The summed E-state index contributed by atoms with van der Waals surface area (Å²) in [6.07, 6.45) is 1.50. The van der Waals surface area contributed by atoms with E-state index in [4.69, 9.17) is 0 Å². The van der Waals surface area contributed by atoms with Gasteiger partial charge in [0.05, 0.1) is 17.2 Å². The number of halogens is 3. The standard InChI is InChI=1S/C12H12N6O2.C4H5F3/c1-17(2)9-5-8(16-18-4-3-13-10(9)18)7-6-14-12(20)15-11(7)19;5-4(6,7)3-1-2-3/h3-6H,1-2H3,(H2,14,15,19,20);3H,1-2H2. The summed E-state index contributed by atoms with van der Waals surface area (Å²) in [5, 5.41) is 4.32. The highest BCUT2D eigenvalue weighted by molar-refractivity contribution is 5.73. The van der Waals surface area contributed by atoms with E-state index in [1.807, 2.05) is 19.0 Å². The molecule has 3 aromatic rings. The Kier molecular flexibility index (Phi) is 4.77. The number of anilines is 1. The van der Waals surface area contributed by atoms with Crippen molar-refractivity contribution in [3.63, 3.8) is 0 Å². The van der Waals surface area contributed by atoms with Gasteiger partial charge in [-0.2, -0.15) is 18.3 Å². The fourth-order valence-electron chi connectivity index (χ4n) is 2.37. The third-order valence-electron chi connectivity index (χ3n) is 3.96. The highest BCUT2D eigenvalue weighted by atomic mass is 19.4. The fourth-order valence-corrected chi connectivity index (χ4v) is 2.37. The number of fused-ring (bicyclic) bond motifs is 1. The molecule has 4 rings (SSSR count). The molecule has 0 aliphatic heterocycles. The van der Waals surface area contributed by atoms with Crippen molar-refractivity contribution in [2.75, 3.05) is 19.0 Å². The molecule has 0 aromatic carbocycles. The van der Waals surface area contributed by atoms with Gasteiger partial charge < -0.3 is 9.88 Å². The van der Waals surface area contributed by atoms with Gasteiger partial charge in [0.2, 0.25) is 0 Å². The van der Waals surface area contributed by atoms with Crippen molar-refractivity contribution in [1.82, 2.24) is 24.6 Å². The van der Waals surface area contributed by atoms with Gasteiger partial charge in [0.25, 0.3) is 5.56 Å². The number of nitrogens with zero attached hydrogens (tertiary/aromatic N) is 4. The van der Waals surface area contributed by atoms with Crippen LogP contribution in [0.2, 0.25) is 0 Å². The number of alkyl halides is 3. The summed E-state index contributed by atoms with van der Waals surface area (Å²) < 4.78 is 35.3. The van der Waals surface area contributed by atoms with E-state index >= 15 is 0 Å². The minimum atomic E-state index is -3.89. The van der Waals surface area contributed by atoms with Crippen molar-refractivity contribution >= 4 is 11.3 Å². The molecule has 0 bridgehead atoms. The first kappa shape index (κ1) is 18.7. The van der Waals surface area contributed by atoms with E-state index in [2.05, 4.69) is 20.1 Å². The van der Waals surface area contributed by atoms with Crippen molar-refractivity contribution in [3.8, 4) is 11.3 Å². The van der Waals surface area contributed by atoms with Crippen molar-refractivity contribution in [2.45, 2.75) is 19.0 Å². The highest BCUT2D eigenvalue weighted by Gasteiger charge is 2.46. The minimum absolute atomic E-state index is 0.295. The van der Waals surface area contributed by atoms with Crippen LogP contribution in [-0.2, 0) is 0 Å². The van der Waals surface area contributed by atoms with Gasteiger partial charge in [-0.1, -0.05) is 0 Å². The Balaban J connectivity index is 0.000000253. The summed E-state index contributed by atoms with van der Waals surface area (Å²) in [6, 6.07) is 1.76. The molecule has 1 aliphatic rings. The van der Waals surface area contributed by atoms with E-state index in [9.17, 15) is 22.8 Å². The van der Waals surface area contributed by atoms with Gasteiger partial charge in [-0.25, -0.2) is 14.3 Å². The molecule has 0 radical (unpaired) electrons. The lowest BCUT2D eigenvalue weighted by atomic mass is 10.2. The van der Waals surface area contributed by atoms with Crippen LogP contribution in [0.15, 0.2) is 34.2 Å². The Hall–Kier alpha value is -3.11. The van der Waals surface area contributed by atoms with E-state index in [0.29, 0.717) is 29.7 Å². The number of aromatic nitrogens is 5. The van der Waals surface area contributed by atoms with Crippen LogP contribution < -0.4 is 16.1 Å². The first-order valence-corrected chi connectivity index (χ1v) is 8.07. The second kappa shape index (κ2) is 6.89. The van der Waals surface area contributed by atoms with Gasteiger partial charge in [0.15, 0.2) is 5.65 Å². The molecule has 144 valence electrons. The maximum Gasteiger partial charge on any atom is 0.391 e. The lowest BCUT2D eigenvalue weighted by molar-refractivity contribution is -0.147. The summed E-state index contributed by atoms with van der Waals surface area (Å²) in [4.78, 5) is 33.6. The molecule has 3 heterocycles. The molecule has 1 aliphatic carbocycles. The fraction of sp³-hybridized carbons (Fsp3) is 0.375. The van der Waals surface area contributed by atoms with Gasteiger partial charge in [0.1, 0.15) is 5.69 Å². The zero-order valence-corrected chi connectivity index (χ0v) is 14.5. The van der Waals surface area contributed by atoms with Gasteiger partial charge >= 0.3 is 11.9 Å². The summed E-state index contributed by atoms with van der Waals surface area (Å²) in [7, 11) is 3.76. The topological polar surface area (TPSA) is 99.2 Å². The molecular formula is C16H17F3N6O2. The molecule has 2 N–H and O–H groups in total. The smallest absolute Gasteiger partial charge is 0.375 e. The van der Waals surface area contributed by atoms with Crippen molar-refractivity contribution < 1.29 is 13.2 Å². The summed E-state index contributed by atoms with van der Waals surface area (Å²) in [5.41, 5.74) is 1.24. The van der Waals surface area contributed by atoms with Crippen LogP contribution in [0, 0.1) is 5.92 Å². The van der Waals surface area contributed by atoms with Crippen LogP contribution in [-0.4, -0.2) is 44.8 Å². The largest absolute Gasteiger partial charge is 0.391 e. The highest BCUT2D eigenvalue weighted by Crippen LogP contribution is 2.43. The van der Waals surface area contributed by atoms with E-state index in [0.717, 1.165) is 5.69 Å². The second-order valence-corrected chi connectivity index (χ2v) is 6.31. The first-order valence-electron chi connectivity index (χ1n) is 8.07. The third kappa shape index (κ3) is 4.18. The molecule has 0 unspecified atom stereocenters. The molecule has 27 heavy (non-hydrogen) atoms. The predicted octanol–water partition coefficient (Wildman–Crippen LogP) is 1.80. The quantitative estimate of drug-likeness (QED) is 0.704.